The highest BCUT2D eigenvalue weighted by Gasteiger charge is 2.39. The topological polar surface area (TPSA) is 133 Å². The highest BCUT2D eigenvalue weighted by atomic mass is 16.3. The van der Waals surface area contributed by atoms with Gasteiger partial charge >= 0.3 is 0 Å². The first-order chi connectivity index (χ1) is 13.4. The fourth-order valence-electron chi connectivity index (χ4n) is 4.56. The number of hydrogen-bond acceptors (Lipinski definition) is 7. The summed E-state index contributed by atoms with van der Waals surface area (Å²) in [6.07, 6.45) is 3.83. The van der Waals surface area contributed by atoms with Crippen molar-refractivity contribution in [2.24, 2.45) is 0 Å². The van der Waals surface area contributed by atoms with Crippen LogP contribution in [0.5, 0.6) is 0 Å². The maximum absolute atomic E-state index is 11.7. The molecule has 8 heteroatoms. The van der Waals surface area contributed by atoms with Gasteiger partial charge in [0.2, 0.25) is 5.91 Å². The Kier molecular flexibility index (Phi) is 9.59. The molecule has 28 heavy (non-hydrogen) atoms. The predicted octanol–water partition coefficient (Wildman–Crippen LogP) is -0.496. The molecule has 0 aromatic heterocycles. The largest absolute Gasteiger partial charge is 0.395 e. The summed E-state index contributed by atoms with van der Waals surface area (Å²) < 4.78 is 0. The SMILES string of the molecule is CC(=O)N1CCCC[C@@H]1[C@H](O)[C@@H](O)CCCCCCC1N[C@H](CO)[C@@H](O)[C@@H]1O. The van der Waals surface area contributed by atoms with Gasteiger partial charge in [0, 0.05) is 19.5 Å². The molecule has 0 radical (unpaired) electrons. The van der Waals surface area contributed by atoms with E-state index in [2.05, 4.69) is 5.32 Å². The molecule has 2 aliphatic rings. The number of nitrogens with one attached hydrogen (secondary N) is 1. The first-order valence-electron chi connectivity index (χ1n) is 10.7. The molecule has 6 N–H and O–H groups in total. The van der Waals surface area contributed by atoms with Crippen LogP contribution in [-0.4, -0.2) is 92.0 Å². The molecule has 0 aliphatic carbocycles. The van der Waals surface area contributed by atoms with E-state index in [1.54, 1.807) is 4.90 Å². The molecule has 164 valence electrons. The van der Waals surface area contributed by atoms with Gasteiger partial charge in [-0.15, -0.1) is 0 Å². The summed E-state index contributed by atoms with van der Waals surface area (Å²) in [7, 11) is 0. The van der Waals surface area contributed by atoms with Crippen molar-refractivity contribution in [3.05, 3.63) is 0 Å². The molecule has 2 saturated heterocycles. The molecule has 0 aromatic carbocycles. The average Bonchev–Trinajstić information content (AvgIpc) is 2.97. The van der Waals surface area contributed by atoms with Crippen LogP contribution in [0.25, 0.3) is 0 Å². The van der Waals surface area contributed by atoms with Crippen molar-refractivity contribution in [3.8, 4) is 0 Å². The lowest BCUT2D eigenvalue weighted by atomic mass is 9.92. The van der Waals surface area contributed by atoms with Gasteiger partial charge in [-0.25, -0.2) is 0 Å². The van der Waals surface area contributed by atoms with Crippen LogP contribution in [0.15, 0.2) is 0 Å². The fourth-order valence-corrected chi connectivity index (χ4v) is 4.56. The minimum Gasteiger partial charge on any atom is -0.395 e. The Morgan fingerprint density at radius 3 is 2.39 bits per heavy atom. The number of hydrogen-bond donors (Lipinski definition) is 6. The molecule has 1 amide bonds. The summed E-state index contributed by atoms with van der Waals surface area (Å²) in [5, 5.41) is 52.8. The Morgan fingerprint density at radius 1 is 1.07 bits per heavy atom. The van der Waals surface area contributed by atoms with Crippen molar-refractivity contribution in [2.75, 3.05) is 13.2 Å². The Labute approximate surface area is 167 Å². The van der Waals surface area contributed by atoms with Crippen molar-refractivity contribution in [3.63, 3.8) is 0 Å². The Hall–Kier alpha value is -0.770. The third-order valence-electron chi connectivity index (χ3n) is 6.31. The zero-order chi connectivity index (χ0) is 20.7. The number of likely N-dealkylation sites (tertiary alicyclic amines) is 1. The number of aliphatic hydroxyl groups is 5. The van der Waals surface area contributed by atoms with Gasteiger partial charge in [-0.2, -0.15) is 0 Å². The lowest BCUT2D eigenvalue weighted by Crippen LogP contribution is -2.52. The highest BCUT2D eigenvalue weighted by Crippen LogP contribution is 2.24. The third-order valence-corrected chi connectivity index (χ3v) is 6.31. The molecule has 2 rings (SSSR count). The summed E-state index contributed by atoms with van der Waals surface area (Å²) in [5.41, 5.74) is 0. The average molecular weight is 403 g/mol. The number of carbonyl (C=O) groups excluding carboxylic acids is 1. The normalized spacial score (nSPS) is 33.1. The molecular weight excluding hydrogens is 364 g/mol. The second-order valence-corrected chi connectivity index (χ2v) is 8.37. The van der Waals surface area contributed by atoms with Crippen LogP contribution in [-0.2, 0) is 4.79 Å². The van der Waals surface area contributed by atoms with Gasteiger partial charge in [-0.05, 0) is 32.1 Å². The highest BCUT2D eigenvalue weighted by molar-refractivity contribution is 5.73. The van der Waals surface area contributed by atoms with E-state index in [9.17, 15) is 25.2 Å². The van der Waals surface area contributed by atoms with E-state index < -0.39 is 30.5 Å². The fraction of sp³-hybridized carbons (Fsp3) is 0.950. The molecule has 2 aliphatic heterocycles. The van der Waals surface area contributed by atoms with E-state index in [-0.39, 0.29) is 24.6 Å². The first kappa shape index (κ1) is 23.5. The zero-order valence-corrected chi connectivity index (χ0v) is 16.9. The van der Waals surface area contributed by atoms with Crippen LogP contribution >= 0.6 is 0 Å². The predicted molar refractivity (Wildman–Crippen MR) is 105 cm³/mol. The zero-order valence-electron chi connectivity index (χ0n) is 16.9. The molecule has 2 fully saturated rings. The van der Waals surface area contributed by atoms with E-state index in [4.69, 9.17) is 5.11 Å². The Bertz CT molecular complexity index is 480. The van der Waals surface area contributed by atoms with Crippen molar-refractivity contribution in [2.45, 2.75) is 107 Å². The van der Waals surface area contributed by atoms with Crippen molar-refractivity contribution >= 4 is 5.91 Å². The van der Waals surface area contributed by atoms with Crippen LogP contribution in [0.2, 0.25) is 0 Å². The summed E-state index contributed by atoms with van der Waals surface area (Å²) >= 11 is 0. The lowest BCUT2D eigenvalue weighted by Gasteiger charge is -2.39. The second-order valence-electron chi connectivity index (χ2n) is 8.37. The number of rotatable bonds is 10. The first-order valence-corrected chi connectivity index (χ1v) is 10.7. The number of carbonyl (C=O) groups is 1. The number of nitrogens with zero attached hydrogens (tertiary/aromatic N) is 1. The Balaban J connectivity index is 1.62. The molecule has 8 nitrogen and oxygen atoms in total. The lowest BCUT2D eigenvalue weighted by molar-refractivity contribution is -0.138. The van der Waals surface area contributed by atoms with Crippen molar-refractivity contribution < 1.29 is 30.3 Å². The molecule has 7 atom stereocenters. The Morgan fingerprint density at radius 2 is 1.75 bits per heavy atom. The van der Waals surface area contributed by atoms with Crippen molar-refractivity contribution in [1.29, 1.82) is 0 Å². The van der Waals surface area contributed by atoms with Gasteiger partial charge in [0.15, 0.2) is 0 Å². The molecule has 0 aromatic rings. The summed E-state index contributed by atoms with van der Waals surface area (Å²) in [6.45, 7) is 1.96. The number of amides is 1. The standard InChI is InChI=1S/C20H38N2O6/c1-13(24)22-11-7-6-9-16(22)20(28)17(25)10-5-3-2-4-8-14-18(26)19(27)15(12-23)21-14/h14-21,23,25-28H,2-12H2,1H3/t14?,15-,16-,17+,18-,19-,20+/m1/s1. The number of piperidine rings is 1. The van der Waals surface area contributed by atoms with Gasteiger partial charge < -0.3 is 35.7 Å². The number of aliphatic hydroxyl groups excluding tert-OH is 5. The van der Waals surface area contributed by atoms with Gasteiger partial charge in [0.1, 0.15) is 6.10 Å². The second kappa shape index (κ2) is 11.4. The minimum absolute atomic E-state index is 0.0489. The third kappa shape index (κ3) is 6.11. The molecule has 0 bridgehead atoms. The van der Waals surface area contributed by atoms with Crippen molar-refractivity contribution in [1.82, 2.24) is 10.2 Å². The van der Waals surface area contributed by atoms with Crippen LogP contribution < -0.4 is 5.32 Å². The van der Waals surface area contributed by atoms with E-state index in [1.807, 2.05) is 0 Å². The minimum atomic E-state index is -0.930. The monoisotopic (exact) mass is 402 g/mol. The molecule has 0 spiro atoms. The van der Waals surface area contributed by atoms with Crippen LogP contribution in [0, 0.1) is 0 Å². The number of unbranched alkanes of at least 4 members (excludes halogenated alkanes) is 3. The maximum atomic E-state index is 11.7. The molecule has 0 saturated carbocycles. The van der Waals surface area contributed by atoms with E-state index in [0.29, 0.717) is 13.0 Å². The maximum Gasteiger partial charge on any atom is 0.219 e. The van der Waals surface area contributed by atoms with E-state index in [1.165, 1.54) is 6.92 Å². The van der Waals surface area contributed by atoms with Gasteiger partial charge in [-0.3, -0.25) is 4.79 Å². The van der Waals surface area contributed by atoms with Crippen LogP contribution in [0.1, 0.15) is 64.7 Å². The van der Waals surface area contributed by atoms with Gasteiger partial charge in [-0.1, -0.05) is 25.7 Å². The molecule has 2 heterocycles. The quantitative estimate of drug-likeness (QED) is 0.272. The van der Waals surface area contributed by atoms with E-state index >= 15 is 0 Å². The van der Waals surface area contributed by atoms with E-state index in [0.717, 1.165) is 51.4 Å². The summed E-state index contributed by atoms with van der Waals surface area (Å²) in [5.74, 6) is -0.0489. The summed E-state index contributed by atoms with van der Waals surface area (Å²) in [6, 6.07) is -0.962. The summed E-state index contributed by atoms with van der Waals surface area (Å²) in [4.78, 5) is 13.4. The van der Waals surface area contributed by atoms with Gasteiger partial charge in [0.25, 0.3) is 0 Å². The van der Waals surface area contributed by atoms with Crippen LogP contribution in [0.3, 0.4) is 0 Å². The molecular formula is C20H38N2O6. The smallest absolute Gasteiger partial charge is 0.219 e. The van der Waals surface area contributed by atoms with Crippen LogP contribution in [0.4, 0.5) is 0 Å². The van der Waals surface area contributed by atoms with Gasteiger partial charge in [0.05, 0.1) is 37.0 Å². The molecule has 1 unspecified atom stereocenters.